The monoisotopic (exact) mass is 292 g/mol. The number of hydrogen-bond acceptors (Lipinski definition) is 0. The minimum Gasteiger partial charge on any atom is -0.0693 e. The first-order valence-corrected chi connectivity index (χ1v) is 8.85. The standard InChI is InChI=1S/C22H28/c1-3-5-7-12-19-16-11-17-20-13-9-10-15-22(20)18-21(19)14-8-6-4-2/h9-10,13,15,17-18H,3-8,12,14H2,1-2H3. The number of benzene rings is 1. The Hall–Kier alpha value is -1.74. The van der Waals surface area contributed by atoms with Gasteiger partial charge in [0.05, 0.1) is 0 Å². The maximum Gasteiger partial charge on any atom is 0.00560 e. The highest BCUT2D eigenvalue weighted by Gasteiger charge is 2.08. The lowest BCUT2D eigenvalue weighted by atomic mass is 9.92. The normalized spacial score (nSPS) is 13.2. The molecule has 2 rings (SSSR count). The van der Waals surface area contributed by atoms with E-state index in [0.29, 0.717) is 0 Å². The fourth-order valence-electron chi connectivity index (χ4n) is 2.89. The topological polar surface area (TPSA) is 0 Å². The highest BCUT2D eigenvalue weighted by atomic mass is 14.1. The summed E-state index contributed by atoms with van der Waals surface area (Å²) in [5, 5.41) is 0. The summed E-state index contributed by atoms with van der Waals surface area (Å²) in [4.78, 5) is 0. The lowest BCUT2D eigenvalue weighted by Gasteiger charge is -2.12. The van der Waals surface area contributed by atoms with Crippen molar-refractivity contribution in [2.24, 2.45) is 0 Å². The van der Waals surface area contributed by atoms with Crippen LogP contribution in [0.2, 0.25) is 0 Å². The summed E-state index contributed by atoms with van der Waals surface area (Å²) in [6.45, 7) is 4.53. The van der Waals surface area contributed by atoms with Crippen molar-refractivity contribution >= 4 is 12.2 Å². The zero-order valence-corrected chi connectivity index (χ0v) is 14.1. The Morgan fingerprint density at radius 2 is 1.50 bits per heavy atom. The third-order valence-corrected chi connectivity index (χ3v) is 4.24. The number of rotatable bonds is 8. The molecule has 0 radical (unpaired) electrons. The molecule has 0 spiro atoms. The van der Waals surface area contributed by atoms with E-state index < -0.39 is 0 Å². The van der Waals surface area contributed by atoms with Gasteiger partial charge in [-0.1, -0.05) is 81.3 Å². The highest BCUT2D eigenvalue weighted by molar-refractivity contribution is 5.69. The molecule has 0 heteroatoms. The fraction of sp³-hybridized carbons (Fsp3) is 0.455. The molecule has 0 aliphatic heterocycles. The van der Waals surface area contributed by atoms with Crippen molar-refractivity contribution in [3.8, 4) is 0 Å². The molecule has 1 aliphatic rings. The van der Waals surface area contributed by atoms with Crippen LogP contribution in [0.15, 0.2) is 46.9 Å². The van der Waals surface area contributed by atoms with Crippen LogP contribution in [-0.2, 0) is 0 Å². The van der Waals surface area contributed by atoms with Crippen LogP contribution in [0.5, 0.6) is 0 Å². The Morgan fingerprint density at radius 1 is 0.818 bits per heavy atom. The van der Waals surface area contributed by atoms with Gasteiger partial charge in [-0.25, -0.2) is 0 Å². The van der Waals surface area contributed by atoms with E-state index in [0.717, 1.165) is 12.8 Å². The van der Waals surface area contributed by atoms with Gasteiger partial charge in [0.25, 0.3) is 0 Å². The Morgan fingerprint density at radius 3 is 2.23 bits per heavy atom. The minimum atomic E-state index is 1.13. The van der Waals surface area contributed by atoms with Gasteiger partial charge >= 0.3 is 0 Å². The van der Waals surface area contributed by atoms with E-state index in [9.17, 15) is 0 Å². The fourth-order valence-corrected chi connectivity index (χ4v) is 2.89. The van der Waals surface area contributed by atoms with Gasteiger partial charge < -0.3 is 0 Å². The molecule has 1 aromatic rings. The summed E-state index contributed by atoms with van der Waals surface area (Å²) in [6, 6.07) is 8.59. The van der Waals surface area contributed by atoms with Crippen molar-refractivity contribution < 1.29 is 0 Å². The SMILES string of the molecule is CCCCCC1=C=C=Cc2ccccc2C=C1CCCCC. The van der Waals surface area contributed by atoms with Crippen LogP contribution >= 0.6 is 0 Å². The van der Waals surface area contributed by atoms with Crippen LogP contribution in [0.3, 0.4) is 0 Å². The smallest absolute Gasteiger partial charge is 0.00560 e. The van der Waals surface area contributed by atoms with Crippen LogP contribution in [-0.4, -0.2) is 0 Å². The first kappa shape index (κ1) is 16.6. The number of unbranched alkanes of at least 4 members (excludes halogenated alkanes) is 4. The van der Waals surface area contributed by atoms with Gasteiger partial charge in [0.15, 0.2) is 0 Å². The average Bonchev–Trinajstić information content (AvgIpc) is 2.52. The molecule has 0 nitrogen and oxygen atoms in total. The third-order valence-electron chi connectivity index (χ3n) is 4.24. The van der Waals surface area contributed by atoms with Crippen molar-refractivity contribution in [3.63, 3.8) is 0 Å². The second-order valence-electron chi connectivity index (χ2n) is 6.10. The molecule has 0 saturated heterocycles. The largest absolute Gasteiger partial charge is 0.0693 e. The molecular formula is C22H28. The molecule has 0 bridgehead atoms. The summed E-state index contributed by atoms with van der Waals surface area (Å²) < 4.78 is 0. The maximum absolute atomic E-state index is 3.44. The summed E-state index contributed by atoms with van der Waals surface area (Å²) in [6.07, 6.45) is 14.4. The predicted molar refractivity (Wildman–Crippen MR) is 97.7 cm³/mol. The van der Waals surface area contributed by atoms with Gasteiger partial charge in [0.2, 0.25) is 0 Å². The molecule has 0 aromatic heterocycles. The van der Waals surface area contributed by atoms with Crippen molar-refractivity contribution in [1.82, 2.24) is 0 Å². The molecular weight excluding hydrogens is 264 g/mol. The van der Waals surface area contributed by atoms with Gasteiger partial charge in [0, 0.05) is 5.57 Å². The van der Waals surface area contributed by atoms with E-state index in [4.69, 9.17) is 0 Å². The lowest BCUT2D eigenvalue weighted by molar-refractivity contribution is 0.692. The van der Waals surface area contributed by atoms with E-state index >= 15 is 0 Å². The molecule has 0 fully saturated rings. The third kappa shape index (κ3) is 4.92. The molecule has 0 N–H and O–H groups in total. The van der Waals surface area contributed by atoms with E-state index in [1.807, 2.05) is 0 Å². The van der Waals surface area contributed by atoms with Crippen LogP contribution in [0.4, 0.5) is 0 Å². The van der Waals surface area contributed by atoms with Crippen LogP contribution < -0.4 is 0 Å². The number of hydrogen-bond donors (Lipinski definition) is 0. The predicted octanol–water partition coefficient (Wildman–Crippen LogP) is 6.94. The van der Waals surface area contributed by atoms with Crippen molar-refractivity contribution in [3.05, 3.63) is 58.0 Å². The molecule has 1 aromatic carbocycles. The zero-order chi connectivity index (χ0) is 15.6. The number of fused-ring (bicyclic) bond motifs is 1. The van der Waals surface area contributed by atoms with E-state index in [-0.39, 0.29) is 0 Å². The van der Waals surface area contributed by atoms with Gasteiger partial charge in [-0.15, -0.1) is 0 Å². The molecule has 0 atom stereocenters. The van der Waals surface area contributed by atoms with E-state index in [1.165, 1.54) is 60.8 Å². The first-order valence-electron chi connectivity index (χ1n) is 8.85. The Labute approximate surface area is 136 Å². The van der Waals surface area contributed by atoms with Crippen LogP contribution in [0, 0.1) is 0 Å². The summed E-state index contributed by atoms with van der Waals surface area (Å²) in [5.74, 6) is 0. The van der Waals surface area contributed by atoms with E-state index in [1.54, 1.807) is 0 Å². The van der Waals surface area contributed by atoms with Gasteiger partial charge in [-0.3, -0.25) is 0 Å². The quantitative estimate of drug-likeness (QED) is 0.359. The van der Waals surface area contributed by atoms with Crippen LogP contribution in [0.1, 0.15) is 76.3 Å². The molecule has 0 heterocycles. The first-order chi connectivity index (χ1) is 10.8. The Balaban J connectivity index is 2.29. The van der Waals surface area contributed by atoms with Gasteiger partial charge in [0.1, 0.15) is 0 Å². The highest BCUT2D eigenvalue weighted by Crippen LogP contribution is 2.27. The Bertz CT molecular complexity index is 603. The number of allylic oxidation sites excluding steroid dienone is 2. The molecule has 0 saturated carbocycles. The Kier molecular flexibility index (Phi) is 7.04. The molecule has 0 unspecified atom stereocenters. The van der Waals surface area contributed by atoms with Crippen molar-refractivity contribution in [2.45, 2.75) is 65.2 Å². The summed E-state index contributed by atoms with van der Waals surface area (Å²) >= 11 is 0. The zero-order valence-electron chi connectivity index (χ0n) is 14.1. The summed E-state index contributed by atoms with van der Waals surface area (Å²) in [7, 11) is 0. The molecule has 116 valence electrons. The molecule has 1 aliphatic carbocycles. The second-order valence-corrected chi connectivity index (χ2v) is 6.10. The summed E-state index contributed by atoms with van der Waals surface area (Å²) in [5.41, 5.74) is 12.1. The van der Waals surface area contributed by atoms with Gasteiger partial charge in [-0.2, -0.15) is 0 Å². The van der Waals surface area contributed by atoms with Gasteiger partial charge in [-0.05, 0) is 48.5 Å². The minimum absolute atomic E-state index is 1.13. The van der Waals surface area contributed by atoms with Crippen molar-refractivity contribution in [2.75, 3.05) is 0 Å². The average molecular weight is 292 g/mol. The maximum atomic E-state index is 3.44. The van der Waals surface area contributed by atoms with Crippen LogP contribution in [0.25, 0.3) is 12.2 Å². The van der Waals surface area contributed by atoms with Crippen molar-refractivity contribution in [1.29, 1.82) is 0 Å². The lowest BCUT2D eigenvalue weighted by Crippen LogP contribution is -1.94. The molecule has 0 amide bonds. The van der Waals surface area contributed by atoms with E-state index in [2.05, 4.69) is 61.7 Å². The second kappa shape index (κ2) is 9.31. The molecule has 22 heavy (non-hydrogen) atoms.